The van der Waals surface area contributed by atoms with Crippen molar-refractivity contribution >= 4 is 22.7 Å². The fraction of sp³-hybridized carbons (Fsp3) is 0.0625. The van der Waals surface area contributed by atoms with E-state index >= 15 is 0 Å². The number of H-pyrrole nitrogens is 1. The van der Waals surface area contributed by atoms with Crippen molar-refractivity contribution in [2.24, 2.45) is 5.10 Å². The van der Waals surface area contributed by atoms with Gasteiger partial charge in [0.25, 0.3) is 0 Å². The third kappa shape index (κ3) is 2.74. The number of aromatic nitrogens is 2. The van der Waals surface area contributed by atoms with E-state index in [4.69, 9.17) is 5.26 Å². The minimum absolute atomic E-state index is 0.601. The van der Waals surface area contributed by atoms with Gasteiger partial charge in [-0.15, -0.1) is 0 Å². The van der Waals surface area contributed by atoms with Crippen molar-refractivity contribution in [1.82, 2.24) is 9.97 Å². The SMILES string of the molecule is C/C(=N/Nc1nc2ccccc2[nH]1)c1ccc(C#N)cc1. The fourth-order valence-electron chi connectivity index (χ4n) is 1.99. The fourth-order valence-corrected chi connectivity index (χ4v) is 1.99. The van der Waals surface area contributed by atoms with Crippen molar-refractivity contribution in [2.45, 2.75) is 6.92 Å². The molecule has 0 fully saturated rings. The molecule has 0 aliphatic heterocycles. The molecule has 5 heteroatoms. The van der Waals surface area contributed by atoms with Crippen LogP contribution < -0.4 is 5.43 Å². The van der Waals surface area contributed by atoms with Crippen LogP contribution in [0.5, 0.6) is 0 Å². The molecule has 0 atom stereocenters. The number of hydrogen-bond acceptors (Lipinski definition) is 4. The highest BCUT2D eigenvalue weighted by Gasteiger charge is 2.01. The van der Waals surface area contributed by atoms with Gasteiger partial charge in [0.15, 0.2) is 0 Å². The highest BCUT2D eigenvalue weighted by atomic mass is 15.4. The highest BCUT2D eigenvalue weighted by molar-refractivity contribution is 5.99. The van der Waals surface area contributed by atoms with Gasteiger partial charge in [-0.3, -0.25) is 0 Å². The van der Waals surface area contributed by atoms with Gasteiger partial charge in [0, 0.05) is 0 Å². The molecule has 0 amide bonds. The zero-order valence-electron chi connectivity index (χ0n) is 11.5. The van der Waals surface area contributed by atoms with Gasteiger partial charge in [-0.05, 0) is 36.8 Å². The number of aromatic amines is 1. The van der Waals surface area contributed by atoms with Gasteiger partial charge < -0.3 is 4.98 Å². The van der Waals surface area contributed by atoms with Crippen LogP contribution in [0, 0.1) is 11.3 Å². The van der Waals surface area contributed by atoms with Crippen LogP contribution >= 0.6 is 0 Å². The monoisotopic (exact) mass is 275 g/mol. The highest BCUT2D eigenvalue weighted by Crippen LogP contribution is 2.13. The molecule has 3 rings (SSSR count). The van der Waals surface area contributed by atoms with E-state index in [1.165, 1.54) is 0 Å². The van der Waals surface area contributed by atoms with Crippen LogP contribution in [0.2, 0.25) is 0 Å². The standard InChI is InChI=1S/C16H13N5/c1-11(13-8-6-12(10-17)7-9-13)20-21-16-18-14-4-2-3-5-15(14)19-16/h2-9H,1H3,(H2,18,19,21)/b20-11-. The molecular formula is C16H13N5. The van der Waals surface area contributed by atoms with Crippen molar-refractivity contribution in [3.63, 3.8) is 0 Å². The first-order chi connectivity index (χ1) is 10.3. The smallest absolute Gasteiger partial charge is 0.222 e. The Labute approximate surface area is 122 Å². The second-order valence-electron chi connectivity index (χ2n) is 4.60. The molecule has 0 spiro atoms. The van der Waals surface area contributed by atoms with Gasteiger partial charge in [-0.2, -0.15) is 10.4 Å². The number of fused-ring (bicyclic) bond motifs is 1. The Morgan fingerprint density at radius 1 is 1.19 bits per heavy atom. The van der Waals surface area contributed by atoms with Crippen molar-refractivity contribution in [3.8, 4) is 6.07 Å². The van der Waals surface area contributed by atoms with E-state index in [2.05, 4.69) is 26.6 Å². The number of hydrazone groups is 1. The first-order valence-electron chi connectivity index (χ1n) is 6.52. The Balaban J connectivity index is 1.79. The molecule has 21 heavy (non-hydrogen) atoms. The van der Waals surface area contributed by atoms with Gasteiger partial charge in [0.1, 0.15) is 0 Å². The van der Waals surface area contributed by atoms with Crippen LogP contribution in [-0.2, 0) is 0 Å². The number of nitriles is 1. The van der Waals surface area contributed by atoms with Crippen LogP contribution in [0.3, 0.4) is 0 Å². The van der Waals surface area contributed by atoms with E-state index in [9.17, 15) is 0 Å². The number of imidazole rings is 1. The zero-order valence-corrected chi connectivity index (χ0v) is 11.5. The summed E-state index contributed by atoms with van der Waals surface area (Å²) in [6, 6.07) is 17.2. The Morgan fingerprint density at radius 2 is 1.95 bits per heavy atom. The molecule has 1 heterocycles. The maximum atomic E-state index is 8.78. The molecule has 2 aromatic carbocycles. The predicted octanol–water partition coefficient (Wildman–Crippen LogP) is 3.27. The quantitative estimate of drug-likeness (QED) is 0.569. The summed E-state index contributed by atoms with van der Waals surface area (Å²) in [5.41, 5.74) is 7.19. The van der Waals surface area contributed by atoms with Crippen molar-refractivity contribution in [3.05, 3.63) is 59.7 Å². The molecule has 0 aliphatic carbocycles. The molecule has 0 bridgehead atoms. The summed E-state index contributed by atoms with van der Waals surface area (Å²) in [6.07, 6.45) is 0. The Morgan fingerprint density at radius 3 is 2.67 bits per heavy atom. The second-order valence-corrected chi connectivity index (χ2v) is 4.60. The summed E-state index contributed by atoms with van der Waals surface area (Å²) < 4.78 is 0. The summed E-state index contributed by atoms with van der Waals surface area (Å²) in [5.74, 6) is 0.601. The minimum atomic E-state index is 0.601. The van der Waals surface area contributed by atoms with Gasteiger partial charge in [-0.25, -0.2) is 10.4 Å². The summed E-state index contributed by atoms with van der Waals surface area (Å²) in [5, 5.41) is 13.1. The topological polar surface area (TPSA) is 76.9 Å². The third-order valence-electron chi connectivity index (χ3n) is 3.15. The van der Waals surface area contributed by atoms with Crippen molar-refractivity contribution in [2.75, 3.05) is 5.43 Å². The number of nitrogens with zero attached hydrogens (tertiary/aromatic N) is 3. The van der Waals surface area contributed by atoms with Crippen molar-refractivity contribution in [1.29, 1.82) is 5.26 Å². The zero-order chi connectivity index (χ0) is 14.7. The van der Waals surface area contributed by atoms with Crippen LogP contribution in [0.1, 0.15) is 18.1 Å². The largest absolute Gasteiger partial charge is 0.323 e. The molecule has 0 saturated carbocycles. The molecule has 5 nitrogen and oxygen atoms in total. The van der Waals surface area contributed by atoms with Gasteiger partial charge >= 0.3 is 0 Å². The molecule has 2 N–H and O–H groups in total. The lowest BCUT2D eigenvalue weighted by atomic mass is 10.1. The van der Waals surface area contributed by atoms with Crippen LogP contribution in [0.25, 0.3) is 11.0 Å². The second kappa shape index (κ2) is 5.47. The molecule has 0 unspecified atom stereocenters. The van der Waals surface area contributed by atoms with E-state index in [-0.39, 0.29) is 0 Å². The number of nitrogens with one attached hydrogen (secondary N) is 2. The maximum absolute atomic E-state index is 8.78. The van der Waals surface area contributed by atoms with E-state index < -0.39 is 0 Å². The van der Waals surface area contributed by atoms with Crippen molar-refractivity contribution < 1.29 is 0 Å². The number of rotatable bonds is 3. The summed E-state index contributed by atoms with van der Waals surface area (Å²) in [4.78, 5) is 7.54. The Hall–Kier alpha value is -3.13. The van der Waals surface area contributed by atoms with Gasteiger partial charge in [-0.1, -0.05) is 24.3 Å². The minimum Gasteiger partial charge on any atom is -0.323 e. The Kier molecular flexibility index (Phi) is 3.36. The number of para-hydroxylation sites is 2. The number of benzene rings is 2. The average molecular weight is 275 g/mol. The number of anilines is 1. The summed E-state index contributed by atoms with van der Waals surface area (Å²) in [7, 11) is 0. The van der Waals surface area contributed by atoms with Gasteiger partial charge in [0.2, 0.25) is 5.95 Å². The van der Waals surface area contributed by atoms with E-state index in [1.54, 1.807) is 12.1 Å². The average Bonchev–Trinajstić information content (AvgIpc) is 2.95. The maximum Gasteiger partial charge on any atom is 0.222 e. The molecule has 1 aromatic heterocycles. The molecule has 102 valence electrons. The van der Waals surface area contributed by atoms with E-state index in [0.29, 0.717) is 11.5 Å². The predicted molar refractivity (Wildman–Crippen MR) is 83.1 cm³/mol. The number of hydrogen-bond donors (Lipinski definition) is 2. The summed E-state index contributed by atoms with van der Waals surface area (Å²) >= 11 is 0. The lowest BCUT2D eigenvalue weighted by Crippen LogP contribution is -2.00. The molecular weight excluding hydrogens is 262 g/mol. The molecule has 0 radical (unpaired) electrons. The first kappa shape index (κ1) is 12.9. The van der Waals surface area contributed by atoms with Crippen LogP contribution in [0.4, 0.5) is 5.95 Å². The lowest BCUT2D eigenvalue weighted by Gasteiger charge is -2.01. The normalized spacial score (nSPS) is 11.3. The van der Waals surface area contributed by atoms with Gasteiger partial charge in [0.05, 0.1) is 28.4 Å². The first-order valence-corrected chi connectivity index (χ1v) is 6.52. The molecule has 0 aliphatic rings. The van der Waals surface area contributed by atoms with E-state index in [0.717, 1.165) is 22.3 Å². The molecule has 3 aromatic rings. The van der Waals surface area contributed by atoms with E-state index in [1.807, 2.05) is 43.3 Å². The van der Waals surface area contributed by atoms with Crippen LogP contribution in [-0.4, -0.2) is 15.7 Å². The molecule has 0 saturated heterocycles. The summed E-state index contributed by atoms with van der Waals surface area (Å²) in [6.45, 7) is 1.90. The van der Waals surface area contributed by atoms with Crippen LogP contribution in [0.15, 0.2) is 53.6 Å². The lowest BCUT2D eigenvalue weighted by molar-refractivity contribution is 1.20. The third-order valence-corrected chi connectivity index (χ3v) is 3.15. The Bertz CT molecular complexity index is 804.